The van der Waals surface area contributed by atoms with Crippen molar-refractivity contribution < 1.29 is 4.74 Å². The maximum Gasteiger partial charge on any atom is 0.0779 e. The van der Waals surface area contributed by atoms with Crippen LogP contribution < -0.4 is 10.6 Å². The molecule has 4 heteroatoms. The third-order valence-corrected chi connectivity index (χ3v) is 4.99. The van der Waals surface area contributed by atoms with Crippen molar-refractivity contribution in [2.45, 2.75) is 57.2 Å². The number of rotatable bonds is 3. The highest BCUT2D eigenvalue weighted by Gasteiger charge is 2.34. The third kappa shape index (κ3) is 3.36. The Morgan fingerprint density at radius 3 is 2.95 bits per heavy atom. The van der Waals surface area contributed by atoms with Gasteiger partial charge in [-0.05, 0) is 43.9 Å². The second-order valence-electron chi connectivity index (χ2n) is 6.41. The number of benzene rings is 1. The number of ether oxygens (including phenoxy) is 1. The summed E-state index contributed by atoms with van der Waals surface area (Å²) in [5.74, 6) is 0. The number of morpholine rings is 1. The molecule has 0 aromatic heterocycles. The number of hydrogen-bond acceptors (Lipinski definition) is 3. The molecule has 1 heterocycles. The Balaban J connectivity index is 1.80. The number of halogens is 1. The van der Waals surface area contributed by atoms with Crippen LogP contribution in [0.15, 0.2) is 18.2 Å². The largest absolute Gasteiger partial charge is 0.374 e. The van der Waals surface area contributed by atoms with E-state index in [-0.39, 0.29) is 6.04 Å². The number of anilines is 1. The lowest BCUT2D eigenvalue weighted by molar-refractivity contribution is -0.00867. The minimum absolute atomic E-state index is 0.138. The van der Waals surface area contributed by atoms with Crippen LogP contribution in [0.4, 0.5) is 5.69 Å². The van der Waals surface area contributed by atoms with E-state index in [1.54, 1.807) is 0 Å². The Morgan fingerprint density at radius 2 is 2.19 bits per heavy atom. The molecule has 1 saturated carbocycles. The predicted octanol–water partition coefficient (Wildman–Crippen LogP) is 3.38. The molecule has 3 nitrogen and oxygen atoms in total. The molecule has 1 saturated heterocycles. The van der Waals surface area contributed by atoms with Gasteiger partial charge in [0, 0.05) is 23.3 Å². The van der Waals surface area contributed by atoms with Crippen LogP contribution in [0.5, 0.6) is 0 Å². The number of nitrogens with two attached hydrogens (primary N) is 1. The van der Waals surface area contributed by atoms with Gasteiger partial charge in [-0.1, -0.05) is 30.5 Å². The van der Waals surface area contributed by atoms with E-state index in [1.165, 1.54) is 31.4 Å². The average Bonchev–Trinajstić information content (AvgIpc) is 2.48. The number of hydrogen-bond donors (Lipinski definition) is 1. The molecule has 2 N–H and O–H groups in total. The molecule has 3 rings (SSSR count). The molecule has 1 aliphatic heterocycles. The molecule has 116 valence electrons. The van der Waals surface area contributed by atoms with Crippen molar-refractivity contribution >= 4 is 17.3 Å². The Kier molecular flexibility index (Phi) is 4.72. The number of nitrogens with zero attached hydrogens (tertiary/aromatic N) is 1. The van der Waals surface area contributed by atoms with E-state index in [9.17, 15) is 0 Å². The zero-order valence-electron chi connectivity index (χ0n) is 12.7. The lowest BCUT2D eigenvalue weighted by Crippen LogP contribution is -2.52. The zero-order valence-corrected chi connectivity index (χ0v) is 13.5. The second-order valence-corrected chi connectivity index (χ2v) is 6.82. The molecular formula is C17H25ClN2O. The van der Waals surface area contributed by atoms with Gasteiger partial charge in [-0.15, -0.1) is 0 Å². The van der Waals surface area contributed by atoms with E-state index in [2.05, 4.69) is 23.1 Å². The van der Waals surface area contributed by atoms with Crippen LogP contribution in [0.2, 0.25) is 5.02 Å². The number of fused-ring (bicyclic) bond motifs is 1. The van der Waals surface area contributed by atoms with Gasteiger partial charge in [-0.25, -0.2) is 0 Å². The van der Waals surface area contributed by atoms with Crippen LogP contribution in [0.25, 0.3) is 0 Å². The van der Waals surface area contributed by atoms with E-state index >= 15 is 0 Å². The van der Waals surface area contributed by atoms with Crippen molar-refractivity contribution in [3.63, 3.8) is 0 Å². The molecular weight excluding hydrogens is 284 g/mol. The minimum Gasteiger partial charge on any atom is -0.374 e. The Bertz CT molecular complexity index is 490. The van der Waals surface area contributed by atoms with Gasteiger partial charge in [0.05, 0.1) is 18.8 Å². The van der Waals surface area contributed by atoms with Gasteiger partial charge >= 0.3 is 0 Å². The van der Waals surface area contributed by atoms with Gasteiger partial charge in [0.25, 0.3) is 0 Å². The van der Waals surface area contributed by atoms with Crippen LogP contribution in [0.1, 0.15) is 38.2 Å². The SMILES string of the molecule is CC(N)Cc1ccc(N2CCOC3CCCCC32)cc1Cl. The maximum absolute atomic E-state index is 6.45. The first kappa shape index (κ1) is 15.1. The summed E-state index contributed by atoms with van der Waals surface area (Å²) < 4.78 is 5.95. The fourth-order valence-electron chi connectivity index (χ4n) is 3.64. The van der Waals surface area contributed by atoms with Gasteiger partial charge in [-0.3, -0.25) is 0 Å². The molecule has 1 aromatic carbocycles. The lowest BCUT2D eigenvalue weighted by Gasteiger charge is -2.45. The first-order chi connectivity index (χ1) is 10.1. The Morgan fingerprint density at radius 1 is 1.38 bits per heavy atom. The van der Waals surface area contributed by atoms with Crippen molar-refractivity contribution in [1.82, 2.24) is 0 Å². The fourth-order valence-corrected chi connectivity index (χ4v) is 3.90. The summed E-state index contributed by atoms with van der Waals surface area (Å²) in [5, 5.41) is 0.837. The monoisotopic (exact) mass is 308 g/mol. The topological polar surface area (TPSA) is 38.5 Å². The van der Waals surface area contributed by atoms with Crippen molar-refractivity contribution in [3.05, 3.63) is 28.8 Å². The smallest absolute Gasteiger partial charge is 0.0779 e. The van der Waals surface area contributed by atoms with E-state index in [1.807, 2.05) is 6.92 Å². The van der Waals surface area contributed by atoms with Gasteiger partial charge in [-0.2, -0.15) is 0 Å². The molecule has 0 bridgehead atoms. The normalized spacial score (nSPS) is 27.3. The van der Waals surface area contributed by atoms with Crippen molar-refractivity contribution in [2.75, 3.05) is 18.1 Å². The van der Waals surface area contributed by atoms with Gasteiger partial charge in [0.1, 0.15) is 0 Å². The summed E-state index contributed by atoms with van der Waals surface area (Å²) >= 11 is 6.45. The third-order valence-electron chi connectivity index (χ3n) is 4.64. The van der Waals surface area contributed by atoms with Crippen LogP contribution in [-0.4, -0.2) is 31.3 Å². The summed E-state index contributed by atoms with van der Waals surface area (Å²) in [5.41, 5.74) is 8.25. The van der Waals surface area contributed by atoms with Crippen molar-refractivity contribution in [1.29, 1.82) is 0 Å². The fraction of sp³-hybridized carbons (Fsp3) is 0.647. The van der Waals surface area contributed by atoms with E-state index in [4.69, 9.17) is 22.1 Å². The highest BCUT2D eigenvalue weighted by molar-refractivity contribution is 6.31. The molecule has 21 heavy (non-hydrogen) atoms. The Labute approximate surface area is 132 Å². The molecule has 1 aliphatic carbocycles. The molecule has 1 aromatic rings. The molecule has 2 fully saturated rings. The van der Waals surface area contributed by atoms with Crippen LogP contribution >= 0.6 is 11.6 Å². The molecule has 3 atom stereocenters. The molecule has 2 aliphatic rings. The lowest BCUT2D eigenvalue weighted by atomic mass is 9.89. The highest BCUT2D eigenvalue weighted by atomic mass is 35.5. The first-order valence-electron chi connectivity index (χ1n) is 8.07. The molecule has 0 amide bonds. The van der Waals surface area contributed by atoms with Gasteiger partial charge in [0.15, 0.2) is 0 Å². The van der Waals surface area contributed by atoms with Crippen LogP contribution in [-0.2, 0) is 11.2 Å². The van der Waals surface area contributed by atoms with Crippen LogP contribution in [0, 0.1) is 0 Å². The minimum atomic E-state index is 0.138. The molecule has 3 unspecified atom stereocenters. The summed E-state index contributed by atoms with van der Waals surface area (Å²) in [4.78, 5) is 2.49. The highest BCUT2D eigenvalue weighted by Crippen LogP contribution is 2.33. The molecule has 0 spiro atoms. The van der Waals surface area contributed by atoms with E-state index < -0.39 is 0 Å². The van der Waals surface area contributed by atoms with Gasteiger partial charge in [0.2, 0.25) is 0 Å². The Hall–Kier alpha value is -0.770. The van der Waals surface area contributed by atoms with Crippen LogP contribution in [0.3, 0.4) is 0 Å². The quantitative estimate of drug-likeness (QED) is 0.930. The zero-order chi connectivity index (χ0) is 14.8. The summed E-state index contributed by atoms with van der Waals surface area (Å²) in [6.07, 6.45) is 6.24. The van der Waals surface area contributed by atoms with Crippen molar-refractivity contribution in [2.24, 2.45) is 5.73 Å². The summed E-state index contributed by atoms with van der Waals surface area (Å²) in [7, 11) is 0. The van der Waals surface area contributed by atoms with Crippen molar-refractivity contribution in [3.8, 4) is 0 Å². The standard InChI is InChI=1S/C17H25ClN2O/c1-12(19)10-13-6-7-14(11-15(13)18)20-8-9-21-17-5-3-2-4-16(17)20/h6-7,11-12,16-17H,2-5,8-10,19H2,1H3. The summed E-state index contributed by atoms with van der Waals surface area (Å²) in [6.45, 7) is 3.79. The second kappa shape index (κ2) is 6.55. The first-order valence-corrected chi connectivity index (χ1v) is 8.45. The summed E-state index contributed by atoms with van der Waals surface area (Å²) in [6, 6.07) is 7.09. The predicted molar refractivity (Wildman–Crippen MR) is 88.1 cm³/mol. The van der Waals surface area contributed by atoms with E-state index in [0.717, 1.165) is 30.2 Å². The maximum atomic E-state index is 6.45. The van der Waals surface area contributed by atoms with Gasteiger partial charge < -0.3 is 15.4 Å². The average molecular weight is 309 g/mol. The van der Waals surface area contributed by atoms with E-state index in [0.29, 0.717) is 12.1 Å². The molecule has 0 radical (unpaired) electrons.